The topological polar surface area (TPSA) is 0 Å². The zero-order valence-corrected chi connectivity index (χ0v) is 10.8. The molecule has 0 spiro atoms. The number of rotatable bonds is 3. The summed E-state index contributed by atoms with van der Waals surface area (Å²) in [5.41, 5.74) is 1.84. The van der Waals surface area contributed by atoms with Crippen molar-refractivity contribution in [3.05, 3.63) is 33.4 Å². The zero-order chi connectivity index (χ0) is 9.90. The fourth-order valence-electron chi connectivity index (χ4n) is 1.52. The first kappa shape index (κ1) is 11.0. The fourth-order valence-corrected chi connectivity index (χ4v) is 2.07. The standard InChI is InChI=1S/C12H17I/c1-4-12(3,5-2)10-7-6-8-11(13)9-10/h6-9H,4-5H2,1-3H3. The molecule has 72 valence electrons. The van der Waals surface area contributed by atoms with E-state index in [1.807, 2.05) is 0 Å². The Morgan fingerprint density at radius 1 is 1.23 bits per heavy atom. The SMILES string of the molecule is CCC(C)(CC)c1cccc(I)c1. The average Bonchev–Trinajstić information content (AvgIpc) is 2.17. The molecule has 0 saturated heterocycles. The van der Waals surface area contributed by atoms with Crippen LogP contribution in [0.1, 0.15) is 39.2 Å². The summed E-state index contributed by atoms with van der Waals surface area (Å²) in [6.07, 6.45) is 2.42. The molecular formula is C12H17I. The third-order valence-corrected chi connectivity index (χ3v) is 3.75. The third-order valence-electron chi connectivity index (χ3n) is 3.08. The highest BCUT2D eigenvalue weighted by molar-refractivity contribution is 14.1. The van der Waals surface area contributed by atoms with Gasteiger partial charge in [0, 0.05) is 3.57 Å². The minimum atomic E-state index is 0.362. The van der Waals surface area contributed by atoms with Crippen molar-refractivity contribution in [3.8, 4) is 0 Å². The van der Waals surface area contributed by atoms with Crippen LogP contribution in [0.5, 0.6) is 0 Å². The summed E-state index contributed by atoms with van der Waals surface area (Å²) in [5.74, 6) is 0. The Balaban J connectivity index is 3.05. The summed E-state index contributed by atoms with van der Waals surface area (Å²) < 4.78 is 1.34. The molecule has 1 heteroatoms. The molecule has 0 saturated carbocycles. The Hall–Kier alpha value is -0.0500. The van der Waals surface area contributed by atoms with Crippen LogP contribution in [0, 0.1) is 3.57 Å². The first-order chi connectivity index (χ1) is 6.12. The van der Waals surface area contributed by atoms with E-state index in [0.717, 1.165) is 0 Å². The second-order valence-corrected chi connectivity index (χ2v) is 5.02. The van der Waals surface area contributed by atoms with Gasteiger partial charge < -0.3 is 0 Å². The highest BCUT2D eigenvalue weighted by Gasteiger charge is 2.21. The molecule has 0 aliphatic rings. The largest absolute Gasteiger partial charge is 0.0645 e. The number of hydrogen-bond donors (Lipinski definition) is 0. The van der Waals surface area contributed by atoms with E-state index in [1.165, 1.54) is 22.0 Å². The second-order valence-electron chi connectivity index (χ2n) is 3.78. The van der Waals surface area contributed by atoms with E-state index in [1.54, 1.807) is 0 Å². The van der Waals surface area contributed by atoms with Crippen LogP contribution < -0.4 is 0 Å². The zero-order valence-electron chi connectivity index (χ0n) is 8.60. The van der Waals surface area contributed by atoms with Gasteiger partial charge in [-0.1, -0.05) is 32.9 Å². The second kappa shape index (κ2) is 4.45. The maximum Gasteiger partial charge on any atom is 0.0133 e. The maximum atomic E-state index is 2.38. The normalized spacial score (nSPS) is 11.7. The van der Waals surface area contributed by atoms with Gasteiger partial charge in [0.15, 0.2) is 0 Å². The molecule has 0 heterocycles. The fraction of sp³-hybridized carbons (Fsp3) is 0.500. The molecule has 0 nitrogen and oxygen atoms in total. The van der Waals surface area contributed by atoms with Gasteiger partial charge in [-0.3, -0.25) is 0 Å². The van der Waals surface area contributed by atoms with E-state index in [0.29, 0.717) is 5.41 Å². The highest BCUT2D eigenvalue weighted by atomic mass is 127. The summed E-state index contributed by atoms with van der Waals surface area (Å²) in [6.45, 7) is 6.88. The number of halogens is 1. The van der Waals surface area contributed by atoms with Crippen LogP contribution in [0.2, 0.25) is 0 Å². The van der Waals surface area contributed by atoms with Crippen molar-refractivity contribution < 1.29 is 0 Å². The Bertz CT molecular complexity index is 274. The van der Waals surface area contributed by atoms with E-state index in [4.69, 9.17) is 0 Å². The smallest absolute Gasteiger partial charge is 0.0133 e. The Labute approximate surface area is 94.9 Å². The van der Waals surface area contributed by atoms with Gasteiger partial charge in [0.2, 0.25) is 0 Å². The van der Waals surface area contributed by atoms with E-state index < -0.39 is 0 Å². The summed E-state index contributed by atoms with van der Waals surface area (Å²) in [7, 11) is 0. The van der Waals surface area contributed by atoms with Gasteiger partial charge in [-0.15, -0.1) is 0 Å². The van der Waals surface area contributed by atoms with Crippen molar-refractivity contribution in [1.82, 2.24) is 0 Å². The Morgan fingerprint density at radius 3 is 2.31 bits per heavy atom. The van der Waals surface area contributed by atoms with Crippen LogP contribution in [0.15, 0.2) is 24.3 Å². The molecule has 0 fully saturated rings. The molecule has 1 aromatic carbocycles. The highest BCUT2D eigenvalue weighted by Crippen LogP contribution is 2.31. The maximum absolute atomic E-state index is 2.38. The van der Waals surface area contributed by atoms with Gasteiger partial charge in [-0.25, -0.2) is 0 Å². The van der Waals surface area contributed by atoms with E-state index in [-0.39, 0.29) is 0 Å². The molecule has 0 aliphatic carbocycles. The minimum absolute atomic E-state index is 0.362. The number of hydrogen-bond acceptors (Lipinski definition) is 0. The molecule has 0 aromatic heterocycles. The van der Waals surface area contributed by atoms with Gasteiger partial charge in [0.1, 0.15) is 0 Å². The summed E-state index contributed by atoms with van der Waals surface area (Å²) >= 11 is 2.38. The molecule has 13 heavy (non-hydrogen) atoms. The van der Waals surface area contributed by atoms with E-state index in [2.05, 4.69) is 67.6 Å². The lowest BCUT2D eigenvalue weighted by atomic mass is 9.78. The molecule has 0 atom stereocenters. The first-order valence-electron chi connectivity index (χ1n) is 4.88. The first-order valence-corrected chi connectivity index (χ1v) is 5.96. The molecule has 0 N–H and O–H groups in total. The molecule has 0 unspecified atom stereocenters. The Morgan fingerprint density at radius 2 is 1.85 bits per heavy atom. The van der Waals surface area contributed by atoms with Gasteiger partial charge >= 0.3 is 0 Å². The lowest BCUT2D eigenvalue weighted by Gasteiger charge is -2.27. The van der Waals surface area contributed by atoms with Crippen LogP contribution in [0.25, 0.3) is 0 Å². The lowest BCUT2D eigenvalue weighted by Crippen LogP contribution is -2.19. The molecule has 0 aliphatic heterocycles. The van der Waals surface area contributed by atoms with Crippen molar-refractivity contribution >= 4 is 22.6 Å². The molecule has 1 rings (SSSR count). The monoisotopic (exact) mass is 288 g/mol. The average molecular weight is 288 g/mol. The molecule has 0 amide bonds. The van der Waals surface area contributed by atoms with Crippen LogP contribution in [0.3, 0.4) is 0 Å². The van der Waals surface area contributed by atoms with Crippen LogP contribution in [0.4, 0.5) is 0 Å². The molecule has 0 bridgehead atoms. The summed E-state index contributed by atoms with van der Waals surface area (Å²) in [6, 6.07) is 8.85. The van der Waals surface area contributed by atoms with Crippen molar-refractivity contribution in [2.75, 3.05) is 0 Å². The predicted molar refractivity (Wildman–Crippen MR) is 67.1 cm³/mol. The van der Waals surface area contributed by atoms with E-state index in [9.17, 15) is 0 Å². The van der Waals surface area contributed by atoms with Crippen LogP contribution >= 0.6 is 22.6 Å². The van der Waals surface area contributed by atoms with Gasteiger partial charge in [-0.2, -0.15) is 0 Å². The van der Waals surface area contributed by atoms with Crippen LogP contribution in [-0.4, -0.2) is 0 Å². The Kier molecular flexibility index (Phi) is 3.77. The van der Waals surface area contributed by atoms with Gasteiger partial charge in [0.25, 0.3) is 0 Å². The molecular weight excluding hydrogens is 271 g/mol. The molecule has 1 aromatic rings. The van der Waals surface area contributed by atoms with Crippen molar-refractivity contribution in [2.24, 2.45) is 0 Å². The lowest BCUT2D eigenvalue weighted by molar-refractivity contribution is 0.438. The number of benzene rings is 1. The quantitative estimate of drug-likeness (QED) is 0.724. The third kappa shape index (κ3) is 2.46. The minimum Gasteiger partial charge on any atom is -0.0645 e. The van der Waals surface area contributed by atoms with Crippen molar-refractivity contribution in [3.63, 3.8) is 0 Å². The van der Waals surface area contributed by atoms with Gasteiger partial charge in [-0.05, 0) is 58.5 Å². The summed E-state index contributed by atoms with van der Waals surface area (Å²) in [5, 5.41) is 0. The molecule has 0 radical (unpaired) electrons. The summed E-state index contributed by atoms with van der Waals surface area (Å²) in [4.78, 5) is 0. The van der Waals surface area contributed by atoms with Crippen LogP contribution in [-0.2, 0) is 5.41 Å². The van der Waals surface area contributed by atoms with Gasteiger partial charge in [0.05, 0.1) is 0 Å². The van der Waals surface area contributed by atoms with Crippen molar-refractivity contribution in [2.45, 2.75) is 39.0 Å². The van der Waals surface area contributed by atoms with Crippen molar-refractivity contribution in [1.29, 1.82) is 0 Å². The predicted octanol–water partition coefficient (Wildman–Crippen LogP) is 4.37. The van der Waals surface area contributed by atoms with E-state index >= 15 is 0 Å².